The van der Waals surface area contributed by atoms with Crippen molar-refractivity contribution < 1.29 is 22.7 Å². The van der Waals surface area contributed by atoms with E-state index in [0.29, 0.717) is 22.2 Å². The molecule has 32 heavy (non-hydrogen) atoms. The van der Waals surface area contributed by atoms with Crippen molar-refractivity contribution in [1.29, 1.82) is 0 Å². The van der Waals surface area contributed by atoms with Crippen LogP contribution in [0.4, 0.5) is 11.4 Å². The van der Waals surface area contributed by atoms with Crippen LogP contribution in [0, 0.1) is 0 Å². The average molecular weight is 495 g/mol. The van der Waals surface area contributed by atoms with E-state index in [0.717, 1.165) is 4.31 Å². The Morgan fingerprint density at radius 1 is 0.938 bits per heavy atom. The van der Waals surface area contributed by atoms with Gasteiger partial charge in [-0.15, -0.1) is 0 Å². The standard InChI is InChI=1S/C22H20Cl2N2O5S/c1-30-20-11-9-16(13-21(20)31-2)25-22(27)14-26(19-10-8-15(23)12-18(19)24)32(28,29)17-6-4-3-5-7-17/h3-13H,14H2,1-2H3,(H,25,27). The lowest BCUT2D eigenvalue weighted by atomic mass is 10.2. The van der Waals surface area contributed by atoms with Crippen molar-refractivity contribution in [3.05, 3.63) is 76.8 Å². The Kier molecular flexibility index (Phi) is 7.50. The van der Waals surface area contributed by atoms with Gasteiger partial charge in [0.15, 0.2) is 11.5 Å². The molecule has 0 aromatic heterocycles. The molecule has 0 aliphatic carbocycles. The average Bonchev–Trinajstić information content (AvgIpc) is 2.78. The van der Waals surface area contributed by atoms with E-state index < -0.39 is 22.5 Å². The zero-order valence-electron chi connectivity index (χ0n) is 17.2. The SMILES string of the molecule is COc1ccc(NC(=O)CN(c2ccc(Cl)cc2Cl)S(=O)(=O)c2ccccc2)cc1OC. The third-order valence-electron chi connectivity index (χ3n) is 4.46. The van der Waals surface area contributed by atoms with E-state index in [9.17, 15) is 13.2 Å². The fourth-order valence-corrected chi connectivity index (χ4v) is 4.97. The molecule has 1 N–H and O–H groups in total. The summed E-state index contributed by atoms with van der Waals surface area (Å²) in [6, 6.07) is 17.0. The number of benzene rings is 3. The number of hydrogen-bond acceptors (Lipinski definition) is 5. The van der Waals surface area contributed by atoms with Crippen LogP contribution in [0.25, 0.3) is 0 Å². The molecular formula is C22H20Cl2N2O5S. The van der Waals surface area contributed by atoms with E-state index in [2.05, 4.69) is 5.32 Å². The van der Waals surface area contributed by atoms with Gasteiger partial charge in [-0.1, -0.05) is 41.4 Å². The Morgan fingerprint density at radius 3 is 2.25 bits per heavy atom. The third-order valence-corrected chi connectivity index (χ3v) is 6.78. The third kappa shape index (κ3) is 5.27. The molecule has 3 aromatic carbocycles. The first kappa shape index (κ1) is 23.7. The summed E-state index contributed by atoms with van der Waals surface area (Å²) in [6.45, 7) is -0.521. The highest BCUT2D eigenvalue weighted by molar-refractivity contribution is 7.92. The number of anilines is 2. The lowest BCUT2D eigenvalue weighted by Crippen LogP contribution is -2.38. The van der Waals surface area contributed by atoms with E-state index in [1.54, 1.807) is 36.4 Å². The fourth-order valence-electron chi connectivity index (χ4n) is 2.95. The molecule has 10 heteroatoms. The topological polar surface area (TPSA) is 84.9 Å². The Morgan fingerprint density at radius 2 is 1.62 bits per heavy atom. The molecule has 3 rings (SSSR count). The molecule has 0 aliphatic heterocycles. The molecule has 168 valence electrons. The molecule has 3 aromatic rings. The molecule has 0 atom stereocenters. The highest BCUT2D eigenvalue weighted by Crippen LogP contribution is 2.33. The van der Waals surface area contributed by atoms with E-state index in [4.69, 9.17) is 32.7 Å². The largest absolute Gasteiger partial charge is 0.493 e. The lowest BCUT2D eigenvalue weighted by Gasteiger charge is -2.25. The van der Waals surface area contributed by atoms with Crippen LogP contribution in [0.1, 0.15) is 0 Å². The summed E-state index contributed by atoms with van der Waals surface area (Å²) in [5.74, 6) is 0.328. The molecule has 0 saturated heterocycles. The predicted octanol–water partition coefficient (Wildman–Crippen LogP) is 4.84. The maximum atomic E-state index is 13.4. The van der Waals surface area contributed by atoms with Gasteiger partial charge in [0.25, 0.3) is 10.0 Å². The van der Waals surface area contributed by atoms with Gasteiger partial charge in [0.05, 0.1) is 29.8 Å². The van der Waals surface area contributed by atoms with Crippen molar-refractivity contribution in [1.82, 2.24) is 0 Å². The summed E-state index contributed by atoms with van der Waals surface area (Å²) >= 11 is 12.2. The highest BCUT2D eigenvalue weighted by Gasteiger charge is 2.29. The van der Waals surface area contributed by atoms with E-state index in [1.807, 2.05) is 0 Å². The molecule has 0 bridgehead atoms. The quantitative estimate of drug-likeness (QED) is 0.483. The number of halogens is 2. The summed E-state index contributed by atoms with van der Waals surface area (Å²) in [6.07, 6.45) is 0. The molecule has 0 radical (unpaired) electrons. The molecule has 1 amide bonds. The number of nitrogens with zero attached hydrogens (tertiary/aromatic N) is 1. The summed E-state index contributed by atoms with van der Waals surface area (Å²) in [5.41, 5.74) is 0.536. The second-order valence-electron chi connectivity index (χ2n) is 6.54. The monoisotopic (exact) mass is 494 g/mol. The Balaban J connectivity index is 1.95. The zero-order chi connectivity index (χ0) is 23.3. The minimum Gasteiger partial charge on any atom is -0.493 e. The molecule has 0 spiro atoms. The first-order valence-corrected chi connectivity index (χ1v) is 11.5. The smallest absolute Gasteiger partial charge is 0.264 e. The minimum atomic E-state index is -4.10. The number of rotatable bonds is 8. The second-order valence-corrected chi connectivity index (χ2v) is 9.24. The van der Waals surface area contributed by atoms with E-state index in [-0.39, 0.29) is 15.6 Å². The van der Waals surface area contributed by atoms with Gasteiger partial charge in [0, 0.05) is 16.8 Å². The van der Waals surface area contributed by atoms with E-state index in [1.165, 1.54) is 44.6 Å². The zero-order valence-corrected chi connectivity index (χ0v) is 19.5. The molecule has 0 heterocycles. The van der Waals surface area contributed by atoms with Crippen LogP contribution in [-0.2, 0) is 14.8 Å². The van der Waals surface area contributed by atoms with Crippen LogP contribution in [0.5, 0.6) is 11.5 Å². The Labute approximate surface area is 196 Å². The summed E-state index contributed by atoms with van der Waals surface area (Å²) in [4.78, 5) is 12.9. The van der Waals surface area contributed by atoms with Crippen molar-refractivity contribution in [2.75, 3.05) is 30.4 Å². The summed E-state index contributed by atoms with van der Waals surface area (Å²) in [5, 5.41) is 3.10. The number of carbonyl (C=O) groups excluding carboxylic acids is 1. The van der Waals surface area contributed by atoms with Gasteiger partial charge >= 0.3 is 0 Å². The number of sulfonamides is 1. The summed E-state index contributed by atoms with van der Waals surface area (Å²) < 4.78 is 38.1. The van der Waals surface area contributed by atoms with Gasteiger partial charge in [-0.25, -0.2) is 8.42 Å². The molecule has 0 aliphatic rings. The van der Waals surface area contributed by atoms with Crippen LogP contribution < -0.4 is 19.1 Å². The first-order chi connectivity index (χ1) is 15.3. The lowest BCUT2D eigenvalue weighted by molar-refractivity contribution is -0.114. The number of hydrogen-bond donors (Lipinski definition) is 1. The molecule has 0 fully saturated rings. The predicted molar refractivity (Wildman–Crippen MR) is 126 cm³/mol. The fraction of sp³-hybridized carbons (Fsp3) is 0.136. The van der Waals surface area contributed by atoms with Crippen LogP contribution in [0.3, 0.4) is 0 Å². The molecule has 7 nitrogen and oxygen atoms in total. The van der Waals surface area contributed by atoms with E-state index >= 15 is 0 Å². The number of ether oxygens (including phenoxy) is 2. The number of amides is 1. The van der Waals surface area contributed by atoms with Crippen molar-refractivity contribution in [3.63, 3.8) is 0 Å². The van der Waals surface area contributed by atoms with Gasteiger partial charge in [-0.3, -0.25) is 9.10 Å². The maximum Gasteiger partial charge on any atom is 0.264 e. The van der Waals surface area contributed by atoms with Crippen LogP contribution in [-0.4, -0.2) is 35.1 Å². The van der Waals surface area contributed by atoms with Crippen LogP contribution in [0.15, 0.2) is 71.6 Å². The number of nitrogens with one attached hydrogen (secondary N) is 1. The van der Waals surface area contributed by atoms with Crippen molar-refractivity contribution in [3.8, 4) is 11.5 Å². The number of carbonyl (C=O) groups is 1. The minimum absolute atomic E-state index is 0.0185. The van der Waals surface area contributed by atoms with Crippen molar-refractivity contribution in [2.24, 2.45) is 0 Å². The Hall–Kier alpha value is -2.94. The van der Waals surface area contributed by atoms with Crippen molar-refractivity contribution in [2.45, 2.75) is 4.90 Å². The highest BCUT2D eigenvalue weighted by atomic mass is 35.5. The Bertz CT molecular complexity index is 1220. The van der Waals surface area contributed by atoms with Crippen LogP contribution in [0.2, 0.25) is 10.0 Å². The van der Waals surface area contributed by atoms with Gasteiger partial charge in [0.2, 0.25) is 5.91 Å². The summed E-state index contributed by atoms with van der Waals surface area (Å²) in [7, 11) is -1.13. The van der Waals surface area contributed by atoms with Crippen LogP contribution >= 0.6 is 23.2 Å². The van der Waals surface area contributed by atoms with Gasteiger partial charge in [-0.2, -0.15) is 0 Å². The van der Waals surface area contributed by atoms with Crippen molar-refractivity contribution >= 4 is 50.5 Å². The molecular weight excluding hydrogens is 475 g/mol. The molecule has 0 unspecified atom stereocenters. The van der Waals surface area contributed by atoms with Gasteiger partial charge in [-0.05, 0) is 42.5 Å². The van der Waals surface area contributed by atoms with Gasteiger partial charge < -0.3 is 14.8 Å². The van der Waals surface area contributed by atoms with Gasteiger partial charge in [0.1, 0.15) is 6.54 Å². The first-order valence-electron chi connectivity index (χ1n) is 9.31. The maximum absolute atomic E-state index is 13.4. The molecule has 0 saturated carbocycles. The number of methoxy groups -OCH3 is 2. The second kappa shape index (κ2) is 10.1. The normalized spacial score (nSPS) is 11.0.